The number of anilines is 1. The molecule has 0 aromatic heterocycles. The van der Waals surface area contributed by atoms with Crippen LogP contribution < -0.4 is 11.1 Å². The van der Waals surface area contributed by atoms with Crippen molar-refractivity contribution < 1.29 is 4.39 Å². The second kappa shape index (κ2) is 6.17. The highest BCUT2D eigenvalue weighted by molar-refractivity contribution is 5.39. The number of nitrogens with one attached hydrogen (secondary N) is 1. The van der Waals surface area contributed by atoms with Crippen molar-refractivity contribution in [3.05, 3.63) is 65.5 Å². The van der Waals surface area contributed by atoms with Gasteiger partial charge in [0.15, 0.2) is 0 Å². The topological polar surface area (TPSA) is 38.0 Å². The summed E-state index contributed by atoms with van der Waals surface area (Å²) in [4.78, 5) is 0. The summed E-state index contributed by atoms with van der Waals surface area (Å²) in [5.41, 5.74) is 8.76. The van der Waals surface area contributed by atoms with Gasteiger partial charge < -0.3 is 11.1 Å². The van der Waals surface area contributed by atoms with Crippen molar-refractivity contribution in [1.82, 2.24) is 5.32 Å². The van der Waals surface area contributed by atoms with E-state index in [1.165, 1.54) is 17.7 Å². The van der Waals surface area contributed by atoms with E-state index in [0.717, 1.165) is 30.8 Å². The first-order valence-corrected chi connectivity index (χ1v) is 6.03. The predicted molar refractivity (Wildman–Crippen MR) is 72.7 cm³/mol. The van der Waals surface area contributed by atoms with Crippen molar-refractivity contribution in [3.63, 3.8) is 0 Å². The molecule has 0 amide bonds. The lowest BCUT2D eigenvalue weighted by Gasteiger charge is -2.05. The van der Waals surface area contributed by atoms with Gasteiger partial charge in [0.1, 0.15) is 5.82 Å². The zero-order valence-electron chi connectivity index (χ0n) is 10.2. The minimum Gasteiger partial charge on any atom is -0.399 e. The van der Waals surface area contributed by atoms with Gasteiger partial charge in [0.25, 0.3) is 0 Å². The van der Waals surface area contributed by atoms with E-state index in [9.17, 15) is 4.39 Å². The third-order valence-electron chi connectivity index (χ3n) is 2.81. The summed E-state index contributed by atoms with van der Waals surface area (Å²) >= 11 is 0. The molecule has 0 aliphatic rings. The third-order valence-corrected chi connectivity index (χ3v) is 2.81. The Bertz CT molecular complexity index is 429. The summed E-state index contributed by atoms with van der Waals surface area (Å²) in [6, 6.07) is 14.5. The van der Waals surface area contributed by atoms with E-state index in [-0.39, 0.29) is 5.82 Å². The molecule has 3 heteroatoms. The van der Waals surface area contributed by atoms with Gasteiger partial charge in [-0.15, -0.1) is 0 Å². The molecule has 0 saturated heterocycles. The molecular formula is C15H17FN2. The lowest BCUT2D eigenvalue weighted by Crippen LogP contribution is -2.16. The quantitative estimate of drug-likeness (QED) is 0.627. The van der Waals surface area contributed by atoms with Crippen LogP contribution in [0.4, 0.5) is 10.1 Å². The van der Waals surface area contributed by atoms with Gasteiger partial charge in [-0.1, -0.05) is 24.3 Å². The monoisotopic (exact) mass is 244 g/mol. The lowest BCUT2D eigenvalue weighted by atomic mass is 10.1. The Hall–Kier alpha value is -1.87. The summed E-state index contributed by atoms with van der Waals surface area (Å²) in [7, 11) is 0. The predicted octanol–water partition coefficient (Wildman–Crippen LogP) is 2.74. The van der Waals surface area contributed by atoms with Crippen LogP contribution >= 0.6 is 0 Å². The van der Waals surface area contributed by atoms with Crippen molar-refractivity contribution in [2.24, 2.45) is 0 Å². The lowest BCUT2D eigenvalue weighted by molar-refractivity contribution is 0.625. The Labute approximate surface area is 107 Å². The van der Waals surface area contributed by atoms with Crippen molar-refractivity contribution in [1.29, 1.82) is 0 Å². The number of hydrogen-bond donors (Lipinski definition) is 2. The molecule has 0 fully saturated rings. The fraction of sp³-hybridized carbons (Fsp3) is 0.200. The Morgan fingerprint density at radius 3 is 2.17 bits per heavy atom. The van der Waals surface area contributed by atoms with E-state index < -0.39 is 0 Å². The zero-order chi connectivity index (χ0) is 12.8. The molecule has 0 aliphatic heterocycles. The van der Waals surface area contributed by atoms with Crippen molar-refractivity contribution in [2.45, 2.75) is 13.0 Å². The molecule has 18 heavy (non-hydrogen) atoms. The van der Waals surface area contributed by atoms with E-state index >= 15 is 0 Å². The molecule has 0 unspecified atom stereocenters. The molecule has 0 heterocycles. The van der Waals surface area contributed by atoms with Crippen LogP contribution in [0.2, 0.25) is 0 Å². The summed E-state index contributed by atoms with van der Waals surface area (Å²) in [6.45, 7) is 1.65. The molecule has 2 aromatic carbocycles. The first kappa shape index (κ1) is 12.6. The molecule has 0 radical (unpaired) electrons. The number of hydrogen-bond acceptors (Lipinski definition) is 2. The van der Waals surface area contributed by atoms with Crippen molar-refractivity contribution in [3.8, 4) is 0 Å². The summed E-state index contributed by atoms with van der Waals surface area (Å²) < 4.78 is 12.7. The maximum absolute atomic E-state index is 12.7. The molecule has 0 aliphatic carbocycles. The highest BCUT2D eigenvalue weighted by Crippen LogP contribution is 2.06. The van der Waals surface area contributed by atoms with Gasteiger partial charge in [-0.05, 0) is 48.4 Å². The van der Waals surface area contributed by atoms with Crippen LogP contribution in [0.15, 0.2) is 48.5 Å². The number of benzene rings is 2. The molecule has 2 rings (SSSR count). The van der Waals surface area contributed by atoms with E-state index in [2.05, 4.69) is 5.32 Å². The summed E-state index contributed by atoms with van der Waals surface area (Å²) in [5.74, 6) is -0.194. The highest BCUT2D eigenvalue weighted by Gasteiger charge is 1.95. The largest absolute Gasteiger partial charge is 0.399 e. The van der Waals surface area contributed by atoms with Crippen LogP contribution in [-0.4, -0.2) is 6.54 Å². The SMILES string of the molecule is Nc1ccc(CCNCc2ccc(F)cc2)cc1. The maximum Gasteiger partial charge on any atom is 0.123 e. The van der Waals surface area contributed by atoms with Gasteiger partial charge in [-0.3, -0.25) is 0 Å². The molecule has 0 saturated carbocycles. The first-order chi connectivity index (χ1) is 8.74. The standard InChI is InChI=1S/C15H17FN2/c16-14-5-1-13(2-6-14)11-18-10-9-12-3-7-15(17)8-4-12/h1-8,18H,9-11,17H2. The van der Waals surface area contributed by atoms with Crippen LogP contribution in [0.5, 0.6) is 0 Å². The van der Waals surface area contributed by atoms with Gasteiger partial charge in [0.2, 0.25) is 0 Å². The number of rotatable bonds is 5. The van der Waals surface area contributed by atoms with Gasteiger partial charge >= 0.3 is 0 Å². The van der Waals surface area contributed by atoms with Crippen LogP contribution in [0.3, 0.4) is 0 Å². The Balaban J connectivity index is 1.73. The van der Waals surface area contributed by atoms with E-state index in [4.69, 9.17) is 5.73 Å². The zero-order valence-corrected chi connectivity index (χ0v) is 10.2. The van der Waals surface area contributed by atoms with Crippen LogP contribution in [0.1, 0.15) is 11.1 Å². The number of halogens is 1. The number of nitrogen functional groups attached to an aromatic ring is 1. The maximum atomic E-state index is 12.7. The molecule has 2 aromatic rings. The van der Waals surface area contributed by atoms with Crippen LogP contribution in [0.25, 0.3) is 0 Å². The van der Waals surface area contributed by atoms with Crippen LogP contribution in [-0.2, 0) is 13.0 Å². The normalized spacial score (nSPS) is 10.5. The van der Waals surface area contributed by atoms with Crippen molar-refractivity contribution in [2.75, 3.05) is 12.3 Å². The smallest absolute Gasteiger partial charge is 0.123 e. The average molecular weight is 244 g/mol. The molecule has 3 N–H and O–H groups in total. The fourth-order valence-corrected chi connectivity index (χ4v) is 1.75. The van der Waals surface area contributed by atoms with Crippen LogP contribution in [0, 0.1) is 5.82 Å². The molecule has 94 valence electrons. The number of nitrogens with two attached hydrogens (primary N) is 1. The highest BCUT2D eigenvalue weighted by atomic mass is 19.1. The second-order valence-corrected chi connectivity index (χ2v) is 4.29. The second-order valence-electron chi connectivity index (χ2n) is 4.29. The Morgan fingerprint density at radius 1 is 0.889 bits per heavy atom. The minimum absolute atomic E-state index is 0.194. The van der Waals surface area contributed by atoms with Gasteiger partial charge in [0, 0.05) is 12.2 Å². The summed E-state index contributed by atoms with van der Waals surface area (Å²) in [6.07, 6.45) is 0.960. The van der Waals surface area contributed by atoms with Gasteiger partial charge in [-0.2, -0.15) is 0 Å². The van der Waals surface area contributed by atoms with E-state index in [1.54, 1.807) is 12.1 Å². The van der Waals surface area contributed by atoms with Gasteiger partial charge in [-0.25, -0.2) is 4.39 Å². The van der Waals surface area contributed by atoms with Gasteiger partial charge in [0.05, 0.1) is 0 Å². The van der Waals surface area contributed by atoms with E-state index in [0.29, 0.717) is 0 Å². The molecule has 0 atom stereocenters. The molecule has 0 bridgehead atoms. The van der Waals surface area contributed by atoms with Crippen molar-refractivity contribution >= 4 is 5.69 Å². The molecule has 0 spiro atoms. The first-order valence-electron chi connectivity index (χ1n) is 6.03. The Morgan fingerprint density at radius 2 is 1.50 bits per heavy atom. The molecular weight excluding hydrogens is 227 g/mol. The molecule has 2 nitrogen and oxygen atoms in total. The Kier molecular flexibility index (Phi) is 4.31. The average Bonchev–Trinajstić information content (AvgIpc) is 2.39. The van der Waals surface area contributed by atoms with E-state index in [1.807, 2.05) is 24.3 Å². The minimum atomic E-state index is -0.194. The summed E-state index contributed by atoms with van der Waals surface area (Å²) in [5, 5.41) is 3.33. The fourth-order valence-electron chi connectivity index (χ4n) is 1.75. The third kappa shape index (κ3) is 3.86.